The van der Waals surface area contributed by atoms with Crippen LogP contribution in [-0.2, 0) is 11.8 Å². The third kappa shape index (κ3) is 2.26. The first-order chi connectivity index (χ1) is 10.1. The molecule has 2 aromatic heterocycles. The van der Waals surface area contributed by atoms with Crippen LogP contribution in [0.3, 0.4) is 0 Å². The van der Waals surface area contributed by atoms with E-state index >= 15 is 0 Å². The molecule has 0 saturated carbocycles. The van der Waals surface area contributed by atoms with Gasteiger partial charge in [0.1, 0.15) is 5.65 Å². The summed E-state index contributed by atoms with van der Waals surface area (Å²) in [5.41, 5.74) is 2.36. The Morgan fingerprint density at radius 2 is 2.14 bits per heavy atom. The molecule has 0 radical (unpaired) electrons. The highest BCUT2D eigenvalue weighted by Crippen LogP contribution is 2.31. The molecule has 2 aromatic rings. The number of nitrogens with zero attached hydrogens (tertiary/aromatic N) is 3. The van der Waals surface area contributed by atoms with Crippen molar-refractivity contribution in [3.05, 3.63) is 24.0 Å². The minimum atomic E-state index is -0.720. The van der Waals surface area contributed by atoms with Crippen LogP contribution in [0.1, 0.15) is 23.2 Å². The first kappa shape index (κ1) is 13.6. The van der Waals surface area contributed by atoms with Crippen LogP contribution in [0, 0.1) is 5.92 Å². The van der Waals surface area contributed by atoms with E-state index in [1.54, 1.807) is 12.4 Å². The number of aliphatic carboxylic acids is 1. The van der Waals surface area contributed by atoms with Gasteiger partial charge in [-0.2, -0.15) is 0 Å². The molecule has 1 aliphatic rings. The Kier molecular flexibility index (Phi) is 3.37. The van der Waals surface area contributed by atoms with Gasteiger partial charge in [-0.05, 0) is 18.9 Å². The van der Waals surface area contributed by atoms with Gasteiger partial charge in [0.25, 0.3) is 0 Å². The Balaban J connectivity index is 1.98. The van der Waals surface area contributed by atoms with Gasteiger partial charge in [-0.25, -0.2) is 4.98 Å². The second kappa shape index (κ2) is 5.20. The van der Waals surface area contributed by atoms with Crippen LogP contribution in [-0.4, -0.2) is 40.0 Å². The maximum Gasteiger partial charge on any atom is 0.306 e. The Hall–Kier alpha value is -2.37. The highest BCUT2D eigenvalue weighted by molar-refractivity contribution is 6.03. The summed E-state index contributed by atoms with van der Waals surface area (Å²) in [5.74, 6) is -0.984. The van der Waals surface area contributed by atoms with E-state index in [1.165, 1.54) is 0 Å². The summed E-state index contributed by atoms with van der Waals surface area (Å²) in [6.07, 6.45) is 5.61. The maximum atomic E-state index is 11.3. The number of aryl methyl sites for hydroxylation is 1. The van der Waals surface area contributed by atoms with Gasteiger partial charge in [-0.1, -0.05) is 0 Å². The summed E-state index contributed by atoms with van der Waals surface area (Å²) in [4.78, 5) is 28.8. The molecule has 1 fully saturated rings. The first-order valence-corrected chi connectivity index (χ1v) is 6.98. The van der Waals surface area contributed by atoms with E-state index in [9.17, 15) is 9.59 Å². The maximum absolute atomic E-state index is 11.3. The summed E-state index contributed by atoms with van der Waals surface area (Å²) >= 11 is 0. The Bertz CT molecular complexity index is 699. The SMILES string of the molecule is Cn1cc(C=O)c2c(N3CCC(C(=O)O)CC3)ccnc21. The Morgan fingerprint density at radius 3 is 2.76 bits per heavy atom. The average Bonchev–Trinajstić information content (AvgIpc) is 2.84. The summed E-state index contributed by atoms with van der Waals surface area (Å²) in [5, 5.41) is 9.92. The largest absolute Gasteiger partial charge is 0.481 e. The number of anilines is 1. The molecule has 1 saturated heterocycles. The van der Waals surface area contributed by atoms with E-state index < -0.39 is 5.97 Å². The first-order valence-electron chi connectivity index (χ1n) is 6.98. The summed E-state index contributed by atoms with van der Waals surface area (Å²) in [6, 6.07) is 1.90. The molecule has 0 aliphatic carbocycles. The van der Waals surface area contributed by atoms with Crippen LogP contribution in [0.15, 0.2) is 18.5 Å². The van der Waals surface area contributed by atoms with Crippen molar-refractivity contribution in [3.8, 4) is 0 Å². The number of carboxylic acids is 1. The summed E-state index contributed by atoms with van der Waals surface area (Å²) in [6.45, 7) is 1.37. The second-order valence-electron chi connectivity index (χ2n) is 5.44. The number of carbonyl (C=O) groups is 2. The van der Waals surface area contributed by atoms with Crippen molar-refractivity contribution < 1.29 is 14.7 Å². The highest BCUT2D eigenvalue weighted by Gasteiger charge is 2.26. The number of hydrogen-bond donors (Lipinski definition) is 1. The molecule has 3 rings (SSSR count). The van der Waals surface area contributed by atoms with Crippen molar-refractivity contribution >= 4 is 29.0 Å². The third-order valence-corrected chi connectivity index (χ3v) is 4.18. The molecule has 6 nitrogen and oxygen atoms in total. The van der Waals surface area contributed by atoms with Crippen LogP contribution in [0.2, 0.25) is 0 Å². The van der Waals surface area contributed by atoms with Crippen molar-refractivity contribution in [1.82, 2.24) is 9.55 Å². The van der Waals surface area contributed by atoms with Gasteiger partial charge < -0.3 is 14.6 Å². The Labute approximate surface area is 122 Å². The lowest BCUT2D eigenvalue weighted by molar-refractivity contribution is -0.142. The molecule has 0 bridgehead atoms. The number of carbonyl (C=O) groups excluding carboxylic acids is 1. The summed E-state index contributed by atoms with van der Waals surface area (Å²) < 4.78 is 1.84. The van der Waals surface area contributed by atoms with Crippen LogP contribution in [0.5, 0.6) is 0 Å². The normalized spacial score (nSPS) is 16.3. The fourth-order valence-electron chi connectivity index (χ4n) is 3.04. The fourth-order valence-corrected chi connectivity index (χ4v) is 3.04. The van der Waals surface area contributed by atoms with Crippen molar-refractivity contribution in [2.75, 3.05) is 18.0 Å². The number of carboxylic acid groups (broad SMARTS) is 1. The van der Waals surface area contributed by atoms with Gasteiger partial charge in [0.2, 0.25) is 0 Å². The van der Waals surface area contributed by atoms with Crippen molar-refractivity contribution in [3.63, 3.8) is 0 Å². The predicted octanol–water partition coefficient (Wildman–Crippen LogP) is 1.69. The minimum absolute atomic E-state index is 0.264. The van der Waals surface area contributed by atoms with Crippen molar-refractivity contribution in [1.29, 1.82) is 0 Å². The van der Waals surface area contributed by atoms with Crippen LogP contribution >= 0.6 is 0 Å². The number of piperidine rings is 1. The van der Waals surface area contributed by atoms with Crippen molar-refractivity contribution in [2.24, 2.45) is 13.0 Å². The van der Waals surface area contributed by atoms with Gasteiger partial charge in [-0.15, -0.1) is 0 Å². The molecule has 1 N–H and O–H groups in total. The quantitative estimate of drug-likeness (QED) is 0.869. The monoisotopic (exact) mass is 287 g/mol. The molecule has 1 aliphatic heterocycles. The number of aldehydes is 1. The molecule has 0 aromatic carbocycles. The predicted molar refractivity (Wildman–Crippen MR) is 78.7 cm³/mol. The highest BCUT2D eigenvalue weighted by atomic mass is 16.4. The van der Waals surface area contributed by atoms with Gasteiger partial charge in [0, 0.05) is 38.1 Å². The summed E-state index contributed by atoms with van der Waals surface area (Å²) in [7, 11) is 1.86. The molecule has 0 atom stereocenters. The molecular weight excluding hydrogens is 270 g/mol. The van der Waals surface area contributed by atoms with E-state index in [4.69, 9.17) is 5.11 Å². The third-order valence-electron chi connectivity index (χ3n) is 4.18. The van der Waals surface area contributed by atoms with Crippen molar-refractivity contribution in [2.45, 2.75) is 12.8 Å². The average molecular weight is 287 g/mol. The molecule has 0 spiro atoms. The van der Waals surface area contributed by atoms with Gasteiger partial charge in [0.05, 0.1) is 17.0 Å². The number of pyridine rings is 1. The second-order valence-corrected chi connectivity index (χ2v) is 5.44. The molecule has 0 amide bonds. The lowest BCUT2D eigenvalue weighted by Gasteiger charge is -2.32. The number of aromatic nitrogens is 2. The molecule has 3 heterocycles. The Morgan fingerprint density at radius 1 is 1.43 bits per heavy atom. The van der Waals surface area contributed by atoms with Crippen LogP contribution in [0.4, 0.5) is 5.69 Å². The van der Waals surface area contributed by atoms with Gasteiger partial charge in [0.15, 0.2) is 6.29 Å². The van der Waals surface area contributed by atoms with E-state index in [-0.39, 0.29) is 5.92 Å². The van der Waals surface area contributed by atoms with E-state index in [1.807, 2.05) is 17.7 Å². The zero-order valence-corrected chi connectivity index (χ0v) is 11.8. The molecule has 6 heteroatoms. The number of hydrogen-bond acceptors (Lipinski definition) is 4. The van der Waals surface area contributed by atoms with Gasteiger partial charge >= 0.3 is 5.97 Å². The molecular formula is C15H17N3O3. The van der Waals surface area contributed by atoms with E-state index in [0.717, 1.165) is 23.0 Å². The molecule has 110 valence electrons. The minimum Gasteiger partial charge on any atom is -0.481 e. The lowest BCUT2D eigenvalue weighted by atomic mass is 9.96. The topological polar surface area (TPSA) is 75.4 Å². The van der Waals surface area contributed by atoms with Gasteiger partial charge in [-0.3, -0.25) is 9.59 Å². The molecule has 21 heavy (non-hydrogen) atoms. The number of fused-ring (bicyclic) bond motifs is 1. The zero-order valence-electron chi connectivity index (χ0n) is 11.8. The zero-order chi connectivity index (χ0) is 15.0. The lowest BCUT2D eigenvalue weighted by Crippen LogP contribution is -2.36. The van der Waals surface area contributed by atoms with Crippen LogP contribution in [0.25, 0.3) is 11.0 Å². The smallest absolute Gasteiger partial charge is 0.306 e. The van der Waals surface area contributed by atoms with E-state index in [2.05, 4.69) is 9.88 Å². The standard InChI is InChI=1S/C15H17N3O3/c1-17-8-11(9-19)13-12(2-5-16-14(13)17)18-6-3-10(4-7-18)15(20)21/h2,5,8-10H,3-4,6-7H2,1H3,(H,20,21). The van der Waals surface area contributed by atoms with Crippen LogP contribution < -0.4 is 4.90 Å². The fraction of sp³-hybridized carbons (Fsp3) is 0.400. The number of rotatable bonds is 3. The van der Waals surface area contributed by atoms with E-state index in [0.29, 0.717) is 31.5 Å². The molecule has 0 unspecified atom stereocenters.